The molecule has 0 saturated carbocycles. The zero-order valence-corrected chi connectivity index (χ0v) is 12.6. The van der Waals surface area contributed by atoms with Gasteiger partial charge in [-0.05, 0) is 25.0 Å². The van der Waals surface area contributed by atoms with Crippen LogP contribution >= 0.6 is 0 Å². The largest absolute Gasteiger partial charge is 0.364 e. The number of fused-ring (bicyclic) bond motifs is 1. The van der Waals surface area contributed by atoms with Crippen molar-refractivity contribution in [2.24, 2.45) is 0 Å². The Balaban J connectivity index is 1.83. The standard InChI is InChI=1S/C15H20N6/c1-11(2)13-9-14-15(16-6-8-21(14)19-13)18-12(3)10-20-7-4-5-17-20/h4-9,11-12H,10H2,1-3H3,(H,16,18). The molecule has 0 amide bonds. The molecule has 21 heavy (non-hydrogen) atoms. The topological polar surface area (TPSA) is 60.0 Å². The number of rotatable bonds is 5. The summed E-state index contributed by atoms with van der Waals surface area (Å²) < 4.78 is 3.79. The van der Waals surface area contributed by atoms with Gasteiger partial charge in [-0.1, -0.05) is 13.8 Å². The molecule has 1 N–H and O–H groups in total. The lowest BCUT2D eigenvalue weighted by Crippen LogP contribution is -2.23. The molecule has 0 bridgehead atoms. The Bertz CT molecular complexity index is 713. The fourth-order valence-corrected chi connectivity index (χ4v) is 2.30. The second-order valence-electron chi connectivity index (χ2n) is 5.60. The van der Waals surface area contributed by atoms with E-state index in [9.17, 15) is 0 Å². The van der Waals surface area contributed by atoms with E-state index < -0.39 is 0 Å². The molecule has 3 aromatic rings. The summed E-state index contributed by atoms with van der Waals surface area (Å²) in [6, 6.07) is 4.25. The first kappa shape index (κ1) is 13.6. The van der Waals surface area contributed by atoms with E-state index in [0.29, 0.717) is 5.92 Å². The van der Waals surface area contributed by atoms with Gasteiger partial charge in [0.15, 0.2) is 5.82 Å². The first-order valence-electron chi connectivity index (χ1n) is 7.21. The monoisotopic (exact) mass is 284 g/mol. The summed E-state index contributed by atoms with van der Waals surface area (Å²) in [6.07, 6.45) is 7.40. The minimum Gasteiger partial charge on any atom is -0.364 e. The highest BCUT2D eigenvalue weighted by molar-refractivity contribution is 5.68. The summed E-state index contributed by atoms with van der Waals surface area (Å²) in [6.45, 7) is 7.19. The van der Waals surface area contributed by atoms with Gasteiger partial charge in [-0.3, -0.25) is 4.68 Å². The lowest BCUT2D eigenvalue weighted by atomic mass is 10.1. The summed E-state index contributed by atoms with van der Waals surface area (Å²) in [5.74, 6) is 1.26. The zero-order valence-electron chi connectivity index (χ0n) is 12.6. The lowest BCUT2D eigenvalue weighted by molar-refractivity contribution is 0.560. The molecule has 0 aromatic carbocycles. The summed E-state index contributed by atoms with van der Waals surface area (Å²) in [5.41, 5.74) is 2.08. The van der Waals surface area contributed by atoms with Gasteiger partial charge in [-0.15, -0.1) is 0 Å². The first-order valence-corrected chi connectivity index (χ1v) is 7.21. The van der Waals surface area contributed by atoms with Crippen LogP contribution in [0.15, 0.2) is 36.9 Å². The van der Waals surface area contributed by atoms with Gasteiger partial charge in [0, 0.05) is 30.8 Å². The molecule has 0 radical (unpaired) electrons. The molecule has 1 unspecified atom stereocenters. The maximum Gasteiger partial charge on any atom is 0.152 e. The molecule has 6 heteroatoms. The van der Waals surface area contributed by atoms with Crippen LogP contribution in [0.25, 0.3) is 5.52 Å². The zero-order chi connectivity index (χ0) is 14.8. The van der Waals surface area contributed by atoms with Crippen molar-refractivity contribution in [2.75, 3.05) is 5.32 Å². The van der Waals surface area contributed by atoms with Crippen molar-refractivity contribution in [3.8, 4) is 0 Å². The van der Waals surface area contributed by atoms with Gasteiger partial charge in [-0.25, -0.2) is 9.50 Å². The van der Waals surface area contributed by atoms with Gasteiger partial charge in [-0.2, -0.15) is 10.2 Å². The van der Waals surface area contributed by atoms with E-state index in [1.165, 1.54) is 0 Å². The van der Waals surface area contributed by atoms with Crippen molar-refractivity contribution < 1.29 is 0 Å². The first-order chi connectivity index (χ1) is 10.1. The van der Waals surface area contributed by atoms with Gasteiger partial charge >= 0.3 is 0 Å². The van der Waals surface area contributed by atoms with Gasteiger partial charge in [0.05, 0.1) is 12.2 Å². The average Bonchev–Trinajstić information content (AvgIpc) is 3.07. The SMILES string of the molecule is CC(Cn1cccn1)Nc1nccn2nc(C(C)C)cc12. The minimum atomic E-state index is 0.223. The smallest absolute Gasteiger partial charge is 0.152 e. The molecule has 0 aliphatic carbocycles. The third-order valence-corrected chi connectivity index (χ3v) is 3.40. The van der Waals surface area contributed by atoms with Crippen molar-refractivity contribution >= 4 is 11.3 Å². The third-order valence-electron chi connectivity index (χ3n) is 3.40. The fraction of sp³-hybridized carbons (Fsp3) is 0.400. The second kappa shape index (κ2) is 5.55. The van der Waals surface area contributed by atoms with Crippen LogP contribution in [0.2, 0.25) is 0 Å². The van der Waals surface area contributed by atoms with E-state index in [2.05, 4.69) is 47.3 Å². The predicted octanol–water partition coefficient (Wildman–Crippen LogP) is 2.55. The molecule has 1 atom stereocenters. The van der Waals surface area contributed by atoms with Crippen molar-refractivity contribution in [3.63, 3.8) is 0 Å². The second-order valence-corrected chi connectivity index (χ2v) is 5.60. The third kappa shape index (κ3) is 2.89. The summed E-state index contributed by atoms with van der Waals surface area (Å²) in [5, 5.41) is 12.2. The minimum absolute atomic E-state index is 0.223. The van der Waals surface area contributed by atoms with Crippen LogP contribution in [0.5, 0.6) is 0 Å². The maximum atomic E-state index is 4.58. The molecule has 0 aliphatic rings. The average molecular weight is 284 g/mol. The van der Waals surface area contributed by atoms with Gasteiger partial charge in [0.1, 0.15) is 5.52 Å². The Kier molecular flexibility index (Phi) is 3.60. The summed E-state index contributed by atoms with van der Waals surface area (Å²) in [7, 11) is 0. The molecule has 0 saturated heterocycles. The van der Waals surface area contributed by atoms with E-state index >= 15 is 0 Å². The Morgan fingerprint density at radius 1 is 1.19 bits per heavy atom. The van der Waals surface area contributed by atoms with Crippen LogP contribution in [0, 0.1) is 0 Å². The van der Waals surface area contributed by atoms with Crippen molar-refractivity contribution in [3.05, 3.63) is 42.6 Å². The van der Waals surface area contributed by atoms with E-state index in [4.69, 9.17) is 0 Å². The van der Waals surface area contributed by atoms with Crippen LogP contribution in [0.3, 0.4) is 0 Å². The quantitative estimate of drug-likeness (QED) is 0.782. The number of hydrogen-bond donors (Lipinski definition) is 1. The number of anilines is 1. The van der Waals surface area contributed by atoms with Gasteiger partial charge in [0.25, 0.3) is 0 Å². The van der Waals surface area contributed by atoms with Gasteiger partial charge < -0.3 is 5.32 Å². The van der Waals surface area contributed by atoms with Crippen molar-refractivity contribution in [1.82, 2.24) is 24.4 Å². The Morgan fingerprint density at radius 2 is 2.05 bits per heavy atom. The lowest BCUT2D eigenvalue weighted by Gasteiger charge is -2.15. The van der Waals surface area contributed by atoms with Crippen LogP contribution in [-0.4, -0.2) is 30.4 Å². The predicted molar refractivity (Wildman–Crippen MR) is 82.4 cm³/mol. The molecule has 0 aliphatic heterocycles. The van der Waals surface area contributed by atoms with Crippen molar-refractivity contribution in [2.45, 2.75) is 39.3 Å². The van der Waals surface area contributed by atoms with E-state index in [1.807, 2.05) is 27.7 Å². The van der Waals surface area contributed by atoms with Gasteiger partial charge in [0.2, 0.25) is 0 Å². The summed E-state index contributed by atoms with van der Waals surface area (Å²) >= 11 is 0. The van der Waals surface area contributed by atoms with E-state index in [-0.39, 0.29) is 6.04 Å². The van der Waals surface area contributed by atoms with Crippen LogP contribution in [0.4, 0.5) is 5.82 Å². The molecule has 0 spiro atoms. The maximum absolute atomic E-state index is 4.58. The number of nitrogens with zero attached hydrogens (tertiary/aromatic N) is 5. The highest BCUT2D eigenvalue weighted by Gasteiger charge is 2.11. The number of aromatic nitrogens is 5. The van der Waals surface area contributed by atoms with Crippen molar-refractivity contribution in [1.29, 1.82) is 0 Å². The van der Waals surface area contributed by atoms with E-state index in [1.54, 1.807) is 12.4 Å². The Labute approximate surface area is 123 Å². The number of nitrogens with one attached hydrogen (secondary N) is 1. The highest BCUT2D eigenvalue weighted by atomic mass is 15.3. The van der Waals surface area contributed by atoms with Crippen LogP contribution in [0.1, 0.15) is 32.4 Å². The molecular weight excluding hydrogens is 264 g/mol. The van der Waals surface area contributed by atoms with Crippen LogP contribution in [-0.2, 0) is 6.54 Å². The Morgan fingerprint density at radius 3 is 2.76 bits per heavy atom. The fourth-order valence-electron chi connectivity index (χ4n) is 2.30. The molecule has 0 fully saturated rings. The summed E-state index contributed by atoms with van der Waals surface area (Å²) in [4.78, 5) is 4.45. The molecule has 6 nitrogen and oxygen atoms in total. The van der Waals surface area contributed by atoms with Crippen LogP contribution < -0.4 is 5.32 Å². The van der Waals surface area contributed by atoms with E-state index in [0.717, 1.165) is 23.6 Å². The number of hydrogen-bond acceptors (Lipinski definition) is 4. The molecule has 110 valence electrons. The molecule has 3 rings (SSSR count). The highest BCUT2D eigenvalue weighted by Crippen LogP contribution is 2.20. The molecular formula is C15H20N6. The normalized spacial score (nSPS) is 13.0. The molecule has 3 aromatic heterocycles. The molecule has 3 heterocycles. The Hall–Kier alpha value is -2.37.